The van der Waals surface area contributed by atoms with Crippen molar-refractivity contribution in [2.45, 2.75) is 39.0 Å². The zero-order valence-corrected chi connectivity index (χ0v) is 18.9. The Morgan fingerprint density at radius 3 is 2.45 bits per heavy atom. The van der Waals surface area contributed by atoms with E-state index in [9.17, 15) is 9.59 Å². The van der Waals surface area contributed by atoms with Gasteiger partial charge in [-0.25, -0.2) is 0 Å². The van der Waals surface area contributed by atoms with Gasteiger partial charge < -0.3 is 14.8 Å². The van der Waals surface area contributed by atoms with Crippen LogP contribution in [-0.4, -0.2) is 26.8 Å². The fraction of sp³-hybridized carbons (Fsp3) is 0.214. The van der Waals surface area contributed by atoms with Gasteiger partial charge in [-0.2, -0.15) is 0 Å². The summed E-state index contributed by atoms with van der Waals surface area (Å²) in [6, 6.07) is 27.7. The summed E-state index contributed by atoms with van der Waals surface area (Å²) in [6.07, 6.45) is 0. The lowest BCUT2D eigenvalue weighted by Gasteiger charge is -2.44. The number of carbonyl (C=O) groups is 2. The van der Waals surface area contributed by atoms with E-state index in [1.165, 1.54) is 0 Å². The van der Waals surface area contributed by atoms with Crippen LogP contribution >= 0.6 is 0 Å². The van der Waals surface area contributed by atoms with E-state index in [4.69, 9.17) is 0 Å². The Balaban J connectivity index is 1.55. The van der Waals surface area contributed by atoms with Gasteiger partial charge in [-0.15, -0.1) is 0 Å². The Labute approximate surface area is 193 Å². The lowest BCUT2D eigenvalue weighted by molar-refractivity contribution is -0.133. The summed E-state index contributed by atoms with van der Waals surface area (Å²) in [7, 11) is 0. The van der Waals surface area contributed by atoms with E-state index in [1.807, 2.05) is 103 Å². The molecule has 0 spiro atoms. The van der Waals surface area contributed by atoms with Gasteiger partial charge in [0.25, 0.3) is 5.91 Å². The number of para-hydroxylation sites is 1. The van der Waals surface area contributed by atoms with Crippen LogP contribution in [-0.2, 0) is 24.4 Å². The van der Waals surface area contributed by atoms with Gasteiger partial charge in [-0.05, 0) is 42.7 Å². The Morgan fingerprint density at radius 2 is 1.67 bits per heavy atom. The quantitative estimate of drug-likeness (QED) is 0.493. The minimum atomic E-state index is -1.04. The van der Waals surface area contributed by atoms with E-state index in [2.05, 4.69) is 5.32 Å². The normalized spacial score (nSPS) is 17.8. The predicted molar refractivity (Wildman–Crippen MR) is 130 cm³/mol. The number of aryl methyl sites for hydroxylation is 1. The second kappa shape index (κ2) is 8.24. The van der Waals surface area contributed by atoms with Crippen LogP contribution < -0.4 is 5.32 Å². The fourth-order valence-electron chi connectivity index (χ4n) is 4.68. The number of nitrogens with zero attached hydrogens (tertiary/aromatic N) is 2. The molecule has 0 fully saturated rings. The molecule has 5 heteroatoms. The van der Waals surface area contributed by atoms with Crippen molar-refractivity contribution in [3.8, 4) is 0 Å². The third-order valence-corrected chi connectivity index (χ3v) is 6.71. The molecular weight excluding hydrogens is 410 g/mol. The molecule has 166 valence electrons. The largest absolute Gasteiger partial charge is 0.350 e. The summed E-state index contributed by atoms with van der Waals surface area (Å²) in [5.74, 6) is -0.283. The van der Waals surface area contributed by atoms with Crippen molar-refractivity contribution in [1.82, 2.24) is 14.8 Å². The smallest absolute Gasteiger partial charge is 0.271 e. The van der Waals surface area contributed by atoms with Crippen molar-refractivity contribution in [1.29, 1.82) is 0 Å². The molecule has 1 N–H and O–H groups in total. The summed E-state index contributed by atoms with van der Waals surface area (Å²) in [4.78, 5) is 29.2. The molecule has 2 amide bonds. The average Bonchev–Trinajstić information content (AvgIpc) is 3.20. The zero-order valence-electron chi connectivity index (χ0n) is 18.9. The van der Waals surface area contributed by atoms with Crippen LogP contribution in [0, 0.1) is 6.92 Å². The first-order chi connectivity index (χ1) is 16.0. The molecule has 0 saturated carbocycles. The molecule has 2 heterocycles. The number of rotatable bonds is 5. The van der Waals surface area contributed by atoms with Gasteiger partial charge in [0.05, 0.1) is 6.54 Å². The van der Waals surface area contributed by atoms with E-state index < -0.39 is 5.54 Å². The molecule has 1 atom stereocenters. The summed E-state index contributed by atoms with van der Waals surface area (Å²) < 4.78 is 1.99. The minimum Gasteiger partial charge on any atom is -0.350 e. The highest BCUT2D eigenvalue weighted by Crippen LogP contribution is 2.33. The first kappa shape index (κ1) is 21.0. The second-order valence-corrected chi connectivity index (χ2v) is 8.93. The van der Waals surface area contributed by atoms with E-state index in [-0.39, 0.29) is 11.8 Å². The topological polar surface area (TPSA) is 54.3 Å². The number of benzene rings is 3. The van der Waals surface area contributed by atoms with Crippen molar-refractivity contribution in [3.05, 3.63) is 107 Å². The molecule has 4 aromatic rings. The number of hydrogen-bond acceptors (Lipinski definition) is 2. The molecule has 3 aromatic carbocycles. The second-order valence-electron chi connectivity index (χ2n) is 8.93. The molecular formula is C28H27N3O2. The van der Waals surface area contributed by atoms with Gasteiger partial charge >= 0.3 is 0 Å². The van der Waals surface area contributed by atoms with E-state index in [1.54, 1.807) is 4.90 Å². The van der Waals surface area contributed by atoms with Gasteiger partial charge in [0.2, 0.25) is 5.91 Å². The van der Waals surface area contributed by atoms with Gasteiger partial charge in [-0.1, -0.05) is 72.8 Å². The molecule has 0 bridgehead atoms. The maximum absolute atomic E-state index is 13.8. The number of carbonyl (C=O) groups excluding carboxylic acids is 2. The average molecular weight is 438 g/mol. The molecule has 1 aliphatic heterocycles. The van der Waals surface area contributed by atoms with Crippen LogP contribution in [0.2, 0.25) is 0 Å². The highest BCUT2D eigenvalue weighted by molar-refractivity contribution is 6.03. The predicted octanol–water partition coefficient (Wildman–Crippen LogP) is 4.68. The molecule has 1 aromatic heterocycles. The Kier molecular flexibility index (Phi) is 5.25. The lowest BCUT2D eigenvalue weighted by Crippen LogP contribution is -2.63. The third kappa shape index (κ3) is 3.69. The van der Waals surface area contributed by atoms with Crippen LogP contribution in [0.15, 0.2) is 84.9 Å². The van der Waals surface area contributed by atoms with Crippen LogP contribution in [0.3, 0.4) is 0 Å². The number of amides is 2. The van der Waals surface area contributed by atoms with Crippen LogP contribution in [0.25, 0.3) is 10.9 Å². The van der Waals surface area contributed by atoms with Crippen LogP contribution in [0.4, 0.5) is 0 Å². The van der Waals surface area contributed by atoms with Crippen molar-refractivity contribution >= 4 is 22.7 Å². The zero-order chi connectivity index (χ0) is 23.0. The summed E-state index contributed by atoms with van der Waals surface area (Å²) in [5, 5.41) is 4.09. The van der Waals surface area contributed by atoms with Gasteiger partial charge in [0.1, 0.15) is 11.2 Å². The molecule has 0 unspecified atom stereocenters. The molecule has 0 radical (unpaired) electrons. The third-order valence-electron chi connectivity index (χ3n) is 6.71. The molecule has 33 heavy (non-hydrogen) atoms. The molecule has 0 saturated heterocycles. The number of nitrogens with one attached hydrogen (secondary N) is 1. The first-order valence-electron chi connectivity index (χ1n) is 11.2. The van der Waals surface area contributed by atoms with Crippen LogP contribution in [0.1, 0.15) is 34.1 Å². The van der Waals surface area contributed by atoms with E-state index in [0.29, 0.717) is 25.3 Å². The van der Waals surface area contributed by atoms with Crippen molar-refractivity contribution in [2.24, 2.45) is 0 Å². The molecule has 0 aliphatic carbocycles. The number of aromatic nitrogens is 1. The number of fused-ring (bicyclic) bond motifs is 3. The van der Waals surface area contributed by atoms with Crippen molar-refractivity contribution < 1.29 is 9.59 Å². The Bertz CT molecular complexity index is 1340. The summed E-state index contributed by atoms with van der Waals surface area (Å²) >= 11 is 0. The monoisotopic (exact) mass is 437 g/mol. The SMILES string of the molecule is Cc1ccccc1CN1C(=O)c2cc3ccccc3n2C[C@@]1(C)C(=O)NCc1ccccc1. The van der Waals surface area contributed by atoms with Gasteiger partial charge in [0, 0.05) is 24.0 Å². The summed E-state index contributed by atoms with van der Waals surface area (Å²) in [5.41, 5.74) is 3.72. The van der Waals surface area contributed by atoms with Gasteiger partial charge in [-0.3, -0.25) is 9.59 Å². The molecule has 1 aliphatic rings. The van der Waals surface area contributed by atoms with E-state index >= 15 is 0 Å². The standard InChI is InChI=1S/C28H27N3O2/c1-20-10-6-7-14-23(20)18-31-26(32)25-16-22-13-8-9-15-24(22)30(25)19-28(31,2)27(33)29-17-21-11-4-3-5-12-21/h3-16H,17-19H2,1-2H3,(H,29,33)/t28-/m0/s1. The maximum Gasteiger partial charge on any atom is 0.271 e. The number of hydrogen-bond donors (Lipinski definition) is 1. The van der Waals surface area contributed by atoms with Crippen molar-refractivity contribution in [2.75, 3.05) is 0 Å². The first-order valence-corrected chi connectivity index (χ1v) is 11.2. The van der Waals surface area contributed by atoms with Gasteiger partial charge in [0.15, 0.2) is 0 Å². The summed E-state index contributed by atoms with van der Waals surface area (Å²) in [6.45, 7) is 5.10. The lowest BCUT2D eigenvalue weighted by atomic mass is 9.93. The maximum atomic E-state index is 13.8. The highest BCUT2D eigenvalue weighted by Gasteiger charge is 2.47. The van der Waals surface area contributed by atoms with E-state index in [0.717, 1.165) is 27.6 Å². The molecule has 5 rings (SSSR count). The Hall–Kier alpha value is -3.86. The Morgan fingerprint density at radius 1 is 0.970 bits per heavy atom. The molecule has 5 nitrogen and oxygen atoms in total. The minimum absolute atomic E-state index is 0.127. The highest BCUT2D eigenvalue weighted by atomic mass is 16.2. The van der Waals surface area contributed by atoms with Crippen molar-refractivity contribution in [3.63, 3.8) is 0 Å². The fourth-order valence-corrected chi connectivity index (χ4v) is 4.68. The van der Waals surface area contributed by atoms with Crippen LogP contribution in [0.5, 0.6) is 0 Å².